The third-order valence-corrected chi connectivity index (χ3v) is 5.91. The molecule has 0 aliphatic heterocycles. The van der Waals surface area contributed by atoms with Crippen LogP contribution in [0.4, 0.5) is 0 Å². The number of hydrogen-bond donors (Lipinski definition) is 1. The number of carbonyl (C=O) groups is 1. The number of amides is 1. The maximum atomic E-state index is 12.4. The molecule has 2 aromatic rings. The van der Waals surface area contributed by atoms with Crippen molar-refractivity contribution in [1.82, 2.24) is 9.62 Å². The Morgan fingerprint density at radius 2 is 1.83 bits per heavy atom. The molecule has 0 fully saturated rings. The zero-order chi connectivity index (χ0) is 22.1. The number of nitrogens with one attached hydrogen (secondary N) is 1. The highest BCUT2D eigenvalue weighted by Gasteiger charge is 2.18. The second-order valence-corrected chi connectivity index (χ2v) is 8.49. The molecule has 0 aliphatic carbocycles. The van der Waals surface area contributed by atoms with Crippen molar-refractivity contribution in [2.75, 3.05) is 41.0 Å². The molecule has 0 radical (unpaired) electrons. The van der Waals surface area contributed by atoms with Crippen molar-refractivity contribution in [2.24, 2.45) is 0 Å². The van der Waals surface area contributed by atoms with Crippen LogP contribution in [0, 0.1) is 0 Å². The summed E-state index contributed by atoms with van der Waals surface area (Å²) in [6, 6.07) is 11.3. The van der Waals surface area contributed by atoms with Crippen LogP contribution in [0.2, 0.25) is 5.02 Å². The lowest BCUT2D eigenvalue weighted by Crippen LogP contribution is -2.34. The van der Waals surface area contributed by atoms with Crippen LogP contribution >= 0.6 is 11.6 Å². The molecule has 0 heterocycles. The van der Waals surface area contributed by atoms with E-state index in [1.165, 1.54) is 37.3 Å². The number of ether oxygens (including phenoxy) is 3. The molecule has 0 aromatic heterocycles. The molecule has 0 saturated heterocycles. The molecule has 1 N–H and O–H groups in total. The third-order valence-electron chi connectivity index (χ3n) is 4.21. The number of halogens is 1. The summed E-state index contributed by atoms with van der Waals surface area (Å²) < 4.78 is 43.1. The van der Waals surface area contributed by atoms with Gasteiger partial charge in [0.2, 0.25) is 15.9 Å². The van der Waals surface area contributed by atoms with Crippen molar-refractivity contribution in [2.45, 2.75) is 11.3 Å². The molecule has 8 nitrogen and oxygen atoms in total. The van der Waals surface area contributed by atoms with Gasteiger partial charge in [-0.3, -0.25) is 4.79 Å². The zero-order valence-electron chi connectivity index (χ0n) is 17.1. The highest BCUT2D eigenvalue weighted by atomic mass is 35.5. The minimum atomic E-state index is -3.79. The summed E-state index contributed by atoms with van der Waals surface area (Å²) in [5.74, 6) is 1.13. The van der Waals surface area contributed by atoms with E-state index in [-0.39, 0.29) is 23.8 Å². The molecule has 0 saturated carbocycles. The third kappa shape index (κ3) is 6.79. The van der Waals surface area contributed by atoms with Gasteiger partial charge in [-0.25, -0.2) is 13.1 Å². The van der Waals surface area contributed by atoms with E-state index in [1.807, 2.05) is 0 Å². The van der Waals surface area contributed by atoms with Gasteiger partial charge >= 0.3 is 0 Å². The fraction of sp³-hybridized carbons (Fsp3) is 0.350. The Labute approximate surface area is 181 Å². The highest BCUT2D eigenvalue weighted by molar-refractivity contribution is 7.89. The number of hydrogen-bond acceptors (Lipinski definition) is 6. The molecular formula is C20H25ClN2O6S. The maximum Gasteiger partial charge on any atom is 0.240 e. The molecule has 1 amide bonds. The molecule has 0 spiro atoms. The van der Waals surface area contributed by atoms with Gasteiger partial charge in [-0.15, -0.1) is 0 Å². The highest BCUT2D eigenvalue weighted by Crippen LogP contribution is 2.29. The summed E-state index contributed by atoms with van der Waals surface area (Å²) in [4.78, 5) is 13.7. The van der Waals surface area contributed by atoms with Gasteiger partial charge in [0.1, 0.15) is 12.4 Å². The first kappa shape index (κ1) is 23.8. The predicted molar refractivity (Wildman–Crippen MR) is 114 cm³/mol. The number of likely N-dealkylation sites (N-methyl/N-ethyl adjacent to an activating group) is 1. The quantitative estimate of drug-likeness (QED) is 0.558. The molecule has 2 rings (SSSR count). The van der Waals surface area contributed by atoms with Gasteiger partial charge in [-0.2, -0.15) is 0 Å². The Morgan fingerprint density at radius 3 is 2.50 bits per heavy atom. The van der Waals surface area contributed by atoms with E-state index < -0.39 is 10.0 Å². The second-order valence-electron chi connectivity index (χ2n) is 6.29. The van der Waals surface area contributed by atoms with E-state index in [9.17, 15) is 13.2 Å². The van der Waals surface area contributed by atoms with Crippen LogP contribution in [-0.2, 0) is 14.8 Å². The molecule has 0 aliphatic rings. The minimum absolute atomic E-state index is 0.0141. The van der Waals surface area contributed by atoms with Gasteiger partial charge in [0.05, 0.1) is 25.7 Å². The largest absolute Gasteiger partial charge is 0.493 e. The molecule has 30 heavy (non-hydrogen) atoms. The summed E-state index contributed by atoms with van der Waals surface area (Å²) in [6.07, 6.45) is 0.0141. The van der Waals surface area contributed by atoms with E-state index in [1.54, 1.807) is 31.3 Å². The van der Waals surface area contributed by atoms with Gasteiger partial charge in [0.25, 0.3) is 0 Å². The summed E-state index contributed by atoms with van der Waals surface area (Å²) in [5, 5.41) is 0.568. The average molecular weight is 457 g/mol. The first-order valence-corrected chi connectivity index (χ1v) is 11.0. The summed E-state index contributed by atoms with van der Waals surface area (Å²) in [5.41, 5.74) is 0. The fourth-order valence-electron chi connectivity index (χ4n) is 2.53. The topological polar surface area (TPSA) is 94.2 Å². The van der Waals surface area contributed by atoms with E-state index >= 15 is 0 Å². The Bertz CT molecular complexity index is 968. The van der Waals surface area contributed by atoms with Crippen molar-refractivity contribution >= 4 is 27.5 Å². The average Bonchev–Trinajstić information content (AvgIpc) is 2.72. The lowest BCUT2D eigenvalue weighted by Gasteiger charge is -2.18. The number of sulfonamides is 1. The van der Waals surface area contributed by atoms with Crippen molar-refractivity contribution in [3.05, 3.63) is 47.5 Å². The Kier molecular flexibility index (Phi) is 8.76. The summed E-state index contributed by atoms with van der Waals surface area (Å²) >= 11 is 5.89. The lowest BCUT2D eigenvalue weighted by atomic mass is 10.3. The van der Waals surface area contributed by atoms with E-state index in [0.29, 0.717) is 35.4 Å². The molecule has 10 heteroatoms. The molecule has 0 bridgehead atoms. The maximum absolute atomic E-state index is 12.4. The molecule has 0 atom stereocenters. The zero-order valence-corrected chi connectivity index (χ0v) is 18.6. The van der Waals surface area contributed by atoms with E-state index in [2.05, 4.69) is 4.72 Å². The van der Waals surface area contributed by atoms with Crippen molar-refractivity contribution in [3.8, 4) is 17.2 Å². The van der Waals surface area contributed by atoms with Crippen LogP contribution in [0.3, 0.4) is 0 Å². The number of methoxy groups -OCH3 is 2. The SMILES string of the molecule is COc1ccc(S(=O)(=O)NCCC(=O)N(C)CCOc2cccc(Cl)c2)cc1OC. The van der Waals surface area contributed by atoms with Crippen LogP contribution in [0.25, 0.3) is 0 Å². The number of carbonyl (C=O) groups excluding carboxylic acids is 1. The molecular weight excluding hydrogens is 432 g/mol. The fourth-order valence-corrected chi connectivity index (χ4v) is 3.76. The predicted octanol–water partition coefficient (Wildman–Crippen LogP) is 2.56. The second kappa shape index (κ2) is 11.1. The van der Waals surface area contributed by atoms with Crippen molar-refractivity contribution < 1.29 is 27.4 Å². The van der Waals surface area contributed by atoms with Crippen LogP contribution < -0.4 is 18.9 Å². The first-order valence-electron chi connectivity index (χ1n) is 9.11. The number of benzene rings is 2. The van der Waals surface area contributed by atoms with Gasteiger partial charge in [0.15, 0.2) is 11.5 Å². The Morgan fingerprint density at radius 1 is 1.10 bits per heavy atom. The van der Waals surface area contributed by atoms with Crippen LogP contribution in [0.1, 0.15) is 6.42 Å². The molecule has 0 unspecified atom stereocenters. The summed E-state index contributed by atoms with van der Waals surface area (Å²) in [6.45, 7) is 0.614. The first-order chi connectivity index (χ1) is 14.3. The smallest absolute Gasteiger partial charge is 0.240 e. The van der Waals surface area contributed by atoms with E-state index in [4.69, 9.17) is 25.8 Å². The minimum Gasteiger partial charge on any atom is -0.493 e. The van der Waals surface area contributed by atoms with Crippen LogP contribution in [0.15, 0.2) is 47.4 Å². The van der Waals surface area contributed by atoms with Gasteiger partial charge < -0.3 is 19.1 Å². The molecule has 2 aromatic carbocycles. The van der Waals surface area contributed by atoms with Gasteiger partial charge in [0, 0.05) is 31.1 Å². The number of nitrogens with zero attached hydrogens (tertiary/aromatic N) is 1. The molecule has 164 valence electrons. The summed E-state index contributed by atoms with van der Waals surface area (Å²) in [7, 11) is 0.729. The van der Waals surface area contributed by atoms with E-state index in [0.717, 1.165) is 0 Å². The van der Waals surface area contributed by atoms with Gasteiger partial charge in [-0.1, -0.05) is 17.7 Å². The van der Waals surface area contributed by atoms with Crippen LogP contribution in [-0.4, -0.2) is 60.2 Å². The Hall–Kier alpha value is -2.49. The lowest BCUT2D eigenvalue weighted by molar-refractivity contribution is -0.130. The van der Waals surface area contributed by atoms with Crippen molar-refractivity contribution in [1.29, 1.82) is 0 Å². The van der Waals surface area contributed by atoms with Crippen molar-refractivity contribution in [3.63, 3.8) is 0 Å². The number of rotatable bonds is 11. The van der Waals surface area contributed by atoms with Crippen LogP contribution in [0.5, 0.6) is 17.2 Å². The standard InChI is InChI=1S/C20H25ClN2O6S/c1-23(11-12-29-16-6-4-5-15(21)13-16)20(24)9-10-22-30(25,26)17-7-8-18(27-2)19(14-17)28-3/h4-8,13-14,22H,9-12H2,1-3H3. The van der Waals surface area contributed by atoms with Gasteiger partial charge in [-0.05, 0) is 30.3 Å². The monoisotopic (exact) mass is 456 g/mol. The Balaban J connectivity index is 1.81. The normalized spacial score (nSPS) is 11.1.